The van der Waals surface area contributed by atoms with E-state index in [0.29, 0.717) is 6.54 Å². The van der Waals surface area contributed by atoms with Crippen LogP contribution in [0.5, 0.6) is 0 Å². The third-order valence-electron chi connectivity index (χ3n) is 2.45. The van der Waals surface area contributed by atoms with Crippen LogP contribution in [0.3, 0.4) is 0 Å². The first-order valence-electron chi connectivity index (χ1n) is 5.56. The van der Waals surface area contributed by atoms with Gasteiger partial charge in [-0.3, -0.25) is 0 Å². The lowest BCUT2D eigenvalue weighted by molar-refractivity contribution is 0.632. The zero-order valence-corrected chi connectivity index (χ0v) is 10.7. The molecule has 0 aliphatic heterocycles. The third kappa shape index (κ3) is 3.88. The monoisotopic (exact) mass is 223 g/mol. The number of nitrogens with two attached hydrogens (primary N) is 1. The summed E-state index contributed by atoms with van der Waals surface area (Å²) < 4.78 is 0. The molecule has 0 saturated heterocycles. The second-order valence-corrected chi connectivity index (χ2v) is 5.40. The molecule has 0 atom stereocenters. The molecule has 1 aromatic carbocycles. The van der Waals surface area contributed by atoms with Gasteiger partial charge in [-0.1, -0.05) is 32.0 Å². The van der Waals surface area contributed by atoms with Gasteiger partial charge in [-0.25, -0.2) is 0 Å². The second-order valence-electron chi connectivity index (χ2n) is 4.30. The van der Waals surface area contributed by atoms with E-state index in [0.717, 1.165) is 5.92 Å². The van der Waals surface area contributed by atoms with Crippen molar-refractivity contribution in [3.63, 3.8) is 0 Å². The zero-order valence-electron chi connectivity index (χ0n) is 9.92. The second kappa shape index (κ2) is 6.19. The van der Waals surface area contributed by atoms with Crippen molar-refractivity contribution in [1.82, 2.24) is 0 Å². The van der Waals surface area contributed by atoms with Crippen LogP contribution >= 0.6 is 11.8 Å². The molecule has 0 unspecified atom stereocenters. The van der Waals surface area contributed by atoms with Crippen LogP contribution in [0, 0.1) is 12.8 Å². The molecule has 1 nitrogen and oxygen atoms in total. The van der Waals surface area contributed by atoms with Crippen LogP contribution in [0.1, 0.15) is 31.4 Å². The van der Waals surface area contributed by atoms with E-state index in [1.165, 1.54) is 28.2 Å². The van der Waals surface area contributed by atoms with E-state index in [1.807, 2.05) is 11.8 Å². The Hall–Kier alpha value is -0.470. The van der Waals surface area contributed by atoms with Crippen LogP contribution in [0.4, 0.5) is 0 Å². The molecule has 0 bridgehead atoms. The summed E-state index contributed by atoms with van der Waals surface area (Å²) in [7, 11) is 0. The number of aryl methyl sites for hydroxylation is 1. The van der Waals surface area contributed by atoms with Gasteiger partial charge in [-0.15, -0.1) is 11.8 Å². The molecule has 0 aliphatic rings. The van der Waals surface area contributed by atoms with E-state index in [9.17, 15) is 0 Å². The van der Waals surface area contributed by atoms with Crippen LogP contribution in [-0.2, 0) is 6.54 Å². The molecule has 0 heterocycles. The smallest absolute Gasteiger partial charge is 0.0189 e. The average molecular weight is 223 g/mol. The van der Waals surface area contributed by atoms with Crippen molar-refractivity contribution >= 4 is 11.8 Å². The number of hydrogen-bond donors (Lipinski definition) is 1. The van der Waals surface area contributed by atoms with Crippen molar-refractivity contribution in [3.05, 3.63) is 29.3 Å². The van der Waals surface area contributed by atoms with Crippen molar-refractivity contribution in [2.24, 2.45) is 11.7 Å². The minimum absolute atomic E-state index is 0.645. The van der Waals surface area contributed by atoms with E-state index in [-0.39, 0.29) is 0 Å². The number of rotatable bonds is 5. The summed E-state index contributed by atoms with van der Waals surface area (Å²) >= 11 is 1.95. The highest BCUT2D eigenvalue weighted by Crippen LogP contribution is 2.27. The molecule has 2 heteroatoms. The van der Waals surface area contributed by atoms with Gasteiger partial charge in [0.15, 0.2) is 0 Å². The van der Waals surface area contributed by atoms with E-state index in [1.54, 1.807) is 0 Å². The molecule has 1 rings (SSSR count). The van der Waals surface area contributed by atoms with Gasteiger partial charge in [-0.2, -0.15) is 0 Å². The fourth-order valence-corrected chi connectivity index (χ4v) is 2.90. The SMILES string of the molecule is Cc1cccc(CN)c1SCCC(C)C. The van der Waals surface area contributed by atoms with Gasteiger partial charge in [0.2, 0.25) is 0 Å². The lowest BCUT2D eigenvalue weighted by atomic mass is 10.1. The Kier molecular flexibility index (Phi) is 5.20. The molecular weight excluding hydrogens is 202 g/mol. The summed E-state index contributed by atoms with van der Waals surface area (Å²) in [6, 6.07) is 6.38. The first-order valence-corrected chi connectivity index (χ1v) is 6.55. The van der Waals surface area contributed by atoms with Gasteiger partial charge in [-0.05, 0) is 36.1 Å². The minimum Gasteiger partial charge on any atom is -0.326 e. The highest BCUT2D eigenvalue weighted by molar-refractivity contribution is 7.99. The maximum absolute atomic E-state index is 5.74. The van der Waals surface area contributed by atoms with E-state index >= 15 is 0 Å². The Morgan fingerprint density at radius 3 is 2.67 bits per heavy atom. The Labute approximate surface area is 97.4 Å². The third-order valence-corrected chi connectivity index (χ3v) is 3.77. The molecule has 84 valence electrons. The normalized spacial score (nSPS) is 11.0. The predicted octanol–water partition coefficient (Wildman–Crippen LogP) is 3.59. The zero-order chi connectivity index (χ0) is 11.3. The molecular formula is C13H21NS. The molecule has 0 fully saturated rings. The summed E-state index contributed by atoms with van der Waals surface area (Å²) in [5.41, 5.74) is 8.37. The van der Waals surface area contributed by atoms with Gasteiger partial charge in [0.05, 0.1) is 0 Å². The fourth-order valence-electron chi connectivity index (χ4n) is 1.48. The lowest BCUT2D eigenvalue weighted by Crippen LogP contribution is -2.00. The summed E-state index contributed by atoms with van der Waals surface area (Å²) in [5.74, 6) is 1.97. The topological polar surface area (TPSA) is 26.0 Å². The van der Waals surface area contributed by atoms with Crippen molar-refractivity contribution < 1.29 is 0 Å². The first-order chi connectivity index (χ1) is 7.15. The number of hydrogen-bond acceptors (Lipinski definition) is 2. The predicted molar refractivity (Wildman–Crippen MR) is 69.2 cm³/mol. The average Bonchev–Trinajstić information content (AvgIpc) is 2.20. The summed E-state index contributed by atoms with van der Waals surface area (Å²) in [4.78, 5) is 1.39. The minimum atomic E-state index is 0.645. The standard InChI is InChI=1S/C13H21NS/c1-10(2)7-8-15-13-11(3)5-4-6-12(13)9-14/h4-6,10H,7-9,14H2,1-3H3. The molecule has 0 radical (unpaired) electrons. The van der Waals surface area contributed by atoms with Crippen LogP contribution in [0.2, 0.25) is 0 Å². The number of benzene rings is 1. The van der Waals surface area contributed by atoms with Crippen molar-refractivity contribution in [1.29, 1.82) is 0 Å². The van der Waals surface area contributed by atoms with Crippen molar-refractivity contribution in [3.8, 4) is 0 Å². The molecule has 15 heavy (non-hydrogen) atoms. The largest absolute Gasteiger partial charge is 0.326 e. The highest BCUT2D eigenvalue weighted by Gasteiger charge is 2.05. The highest BCUT2D eigenvalue weighted by atomic mass is 32.2. The Balaban J connectivity index is 2.66. The van der Waals surface area contributed by atoms with Gasteiger partial charge in [0.1, 0.15) is 0 Å². The van der Waals surface area contributed by atoms with Crippen LogP contribution in [-0.4, -0.2) is 5.75 Å². The maximum atomic E-state index is 5.74. The van der Waals surface area contributed by atoms with Gasteiger partial charge < -0.3 is 5.73 Å². The van der Waals surface area contributed by atoms with E-state index in [4.69, 9.17) is 5.73 Å². The molecule has 1 aromatic rings. The van der Waals surface area contributed by atoms with Crippen LogP contribution in [0.15, 0.2) is 23.1 Å². The molecule has 0 aliphatic carbocycles. The molecule has 0 aromatic heterocycles. The fraction of sp³-hybridized carbons (Fsp3) is 0.538. The number of thioether (sulfide) groups is 1. The summed E-state index contributed by atoms with van der Waals surface area (Å²) in [6.07, 6.45) is 1.27. The van der Waals surface area contributed by atoms with Crippen molar-refractivity contribution in [2.45, 2.75) is 38.6 Å². The molecule has 2 N–H and O–H groups in total. The Morgan fingerprint density at radius 2 is 2.07 bits per heavy atom. The first kappa shape index (κ1) is 12.6. The lowest BCUT2D eigenvalue weighted by Gasteiger charge is -2.11. The van der Waals surface area contributed by atoms with Gasteiger partial charge in [0, 0.05) is 11.4 Å². The summed E-state index contributed by atoms with van der Waals surface area (Å²) in [5, 5.41) is 0. The van der Waals surface area contributed by atoms with E-state index in [2.05, 4.69) is 39.0 Å². The molecule has 0 amide bonds. The van der Waals surface area contributed by atoms with Crippen LogP contribution < -0.4 is 5.73 Å². The Bertz CT molecular complexity index is 307. The van der Waals surface area contributed by atoms with Crippen molar-refractivity contribution in [2.75, 3.05) is 5.75 Å². The molecule has 0 saturated carbocycles. The van der Waals surface area contributed by atoms with E-state index < -0.39 is 0 Å². The molecule has 0 spiro atoms. The summed E-state index contributed by atoms with van der Waals surface area (Å²) in [6.45, 7) is 7.34. The van der Waals surface area contributed by atoms with Gasteiger partial charge >= 0.3 is 0 Å². The maximum Gasteiger partial charge on any atom is 0.0189 e. The quantitative estimate of drug-likeness (QED) is 0.772. The van der Waals surface area contributed by atoms with Crippen LogP contribution in [0.25, 0.3) is 0 Å². The Morgan fingerprint density at radius 1 is 1.33 bits per heavy atom. The van der Waals surface area contributed by atoms with Gasteiger partial charge in [0.25, 0.3) is 0 Å².